The molecule has 0 aromatic heterocycles. The summed E-state index contributed by atoms with van der Waals surface area (Å²) in [5.41, 5.74) is 0.402. The third kappa shape index (κ3) is 2.37. The maximum absolute atomic E-state index is 12.9. The predicted molar refractivity (Wildman–Crippen MR) is 67.1 cm³/mol. The van der Waals surface area contributed by atoms with Gasteiger partial charge in [0.1, 0.15) is 6.04 Å². The summed E-state index contributed by atoms with van der Waals surface area (Å²) in [4.78, 5) is 24.7. The number of rotatable bonds is 3. The molecule has 3 rings (SSSR count). The van der Waals surface area contributed by atoms with E-state index in [0.717, 1.165) is 4.90 Å². The van der Waals surface area contributed by atoms with Crippen LogP contribution in [0.15, 0.2) is 18.2 Å². The average molecular weight is 298 g/mol. The Balaban J connectivity index is 1.76. The minimum atomic E-state index is -3.68. The molecule has 2 heterocycles. The molecule has 0 radical (unpaired) electrons. The second-order valence-electron chi connectivity index (χ2n) is 4.71. The minimum Gasteiger partial charge on any atom is -0.395 e. The van der Waals surface area contributed by atoms with E-state index in [1.165, 1.54) is 18.2 Å². The van der Waals surface area contributed by atoms with E-state index in [4.69, 9.17) is 0 Å². The first-order valence-corrected chi connectivity index (χ1v) is 6.40. The molecule has 1 saturated heterocycles. The monoisotopic (exact) mass is 298 g/mol. The van der Waals surface area contributed by atoms with Crippen molar-refractivity contribution in [3.05, 3.63) is 18.2 Å². The van der Waals surface area contributed by atoms with Gasteiger partial charge in [-0.05, 0) is 19.1 Å². The average Bonchev–Trinajstić information content (AvgIpc) is 2.84. The van der Waals surface area contributed by atoms with Crippen LogP contribution in [0, 0.1) is 0 Å². The van der Waals surface area contributed by atoms with E-state index in [9.17, 15) is 18.4 Å². The fourth-order valence-corrected chi connectivity index (χ4v) is 2.37. The van der Waals surface area contributed by atoms with Gasteiger partial charge < -0.3 is 14.8 Å². The fraction of sp³-hybridized carbons (Fsp3) is 0.385. The summed E-state index contributed by atoms with van der Waals surface area (Å²) >= 11 is 0. The van der Waals surface area contributed by atoms with Gasteiger partial charge in [-0.2, -0.15) is 0 Å². The summed E-state index contributed by atoms with van der Waals surface area (Å²) in [6.07, 6.45) is -3.64. The number of fused-ring (bicyclic) bond motifs is 1. The Morgan fingerprint density at radius 1 is 1.33 bits per heavy atom. The number of nitrogens with one attached hydrogen (secondary N) is 1. The zero-order chi connectivity index (χ0) is 15.2. The highest BCUT2D eigenvalue weighted by Crippen LogP contribution is 2.42. The summed E-state index contributed by atoms with van der Waals surface area (Å²) in [6.45, 7) is 2.02. The lowest BCUT2D eigenvalue weighted by Gasteiger charge is -2.14. The van der Waals surface area contributed by atoms with E-state index in [-0.39, 0.29) is 29.7 Å². The molecule has 1 N–H and O–H groups in total. The molecule has 0 aliphatic carbocycles. The lowest BCUT2D eigenvalue weighted by Crippen LogP contribution is -2.34. The van der Waals surface area contributed by atoms with Crippen LogP contribution in [0.5, 0.6) is 11.5 Å². The van der Waals surface area contributed by atoms with E-state index in [1.54, 1.807) is 6.92 Å². The van der Waals surface area contributed by atoms with Crippen LogP contribution in [0.4, 0.5) is 14.5 Å². The van der Waals surface area contributed by atoms with Crippen molar-refractivity contribution in [2.24, 2.45) is 0 Å². The summed E-state index contributed by atoms with van der Waals surface area (Å²) in [6, 6.07) is 3.41. The Kier molecular flexibility index (Phi) is 2.96. The topological polar surface area (TPSA) is 67.9 Å². The van der Waals surface area contributed by atoms with Crippen LogP contribution >= 0.6 is 0 Å². The number of benzene rings is 1. The quantitative estimate of drug-likeness (QED) is 0.858. The molecule has 6 nitrogen and oxygen atoms in total. The largest absolute Gasteiger partial charge is 0.586 e. The Labute approximate surface area is 118 Å². The number of carbonyl (C=O) groups excluding carboxylic acids is 2. The van der Waals surface area contributed by atoms with Gasteiger partial charge in [-0.1, -0.05) is 0 Å². The number of hydrogen-bond acceptors (Lipinski definition) is 5. The normalized spacial score (nSPS) is 22.8. The van der Waals surface area contributed by atoms with Crippen LogP contribution in [0.2, 0.25) is 0 Å². The molecule has 1 atom stereocenters. The Hall–Kier alpha value is -2.38. The molecule has 21 heavy (non-hydrogen) atoms. The van der Waals surface area contributed by atoms with Crippen LogP contribution < -0.4 is 14.8 Å². The molecule has 2 aliphatic rings. The van der Waals surface area contributed by atoms with Crippen molar-refractivity contribution in [3.8, 4) is 11.5 Å². The van der Waals surface area contributed by atoms with Gasteiger partial charge in [0, 0.05) is 18.3 Å². The van der Waals surface area contributed by atoms with Crippen molar-refractivity contribution >= 4 is 17.5 Å². The molecular weight excluding hydrogens is 286 g/mol. The number of anilines is 1. The number of likely N-dealkylation sites (tertiary alicyclic amines) is 1. The van der Waals surface area contributed by atoms with Crippen LogP contribution in [-0.2, 0) is 9.59 Å². The van der Waals surface area contributed by atoms with Crippen LogP contribution in [0.3, 0.4) is 0 Å². The highest BCUT2D eigenvalue weighted by Gasteiger charge is 2.43. The number of hydrogen-bond donors (Lipinski definition) is 1. The molecule has 1 unspecified atom stereocenters. The van der Waals surface area contributed by atoms with Crippen molar-refractivity contribution in [1.82, 2.24) is 4.90 Å². The van der Waals surface area contributed by atoms with Gasteiger partial charge in [0.2, 0.25) is 5.91 Å². The number of halogens is 2. The summed E-state index contributed by atoms with van der Waals surface area (Å²) < 4.78 is 34.4. The lowest BCUT2D eigenvalue weighted by molar-refractivity contribution is -0.286. The smallest absolute Gasteiger partial charge is 0.395 e. The number of imide groups is 1. The van der Waals surface area contributed by atoms with E-state index >= 15 is 0 Å². The summed E-state index contributed by atoms with van der Waals surface area (Å²) in [5.74, 6) is -0.776. The molecule has 0 spiro atoms. The van der Waals surface area contributed by atoms with Crippen molar-refractivity contribution < 1.29 is 27.8 Å². The molecule has 0 bridgehead atoms. The fourth-order valence-electron chi connectivity index (χ4n) is 2.37. The number of ether oxygens (including phenoxy) is 2. The number of likely N-dealkylation sites (N-methyl/N-ethyl adjacent to an activating group) is 1. The molecule has 112 valence electrons. The third-order valence-corrected chi connectivity index (χ3v) is 3.30. The van der Waals surface area contributed by atoms with Gasteiger partial charge in [0.25, 0.3) is 5.91 Å². The summed E-state index contributed by atoms with van der Waals surface area (Å²) in [5, 5.41) is 2.85. The predicted octanol–water partition coefficient (Wildman–Crippen LogP) is 1.57. The highest BCUT2D eigenvalue weighted by molar-refractivity contribution is 6.06. The molecule has 1 fully saturated rings. The molecule has 2 aliphatic heterocycles. The number of nitrogens with zero attached hydrogens (tertiary/aromatic N) is 1. The molecule has 1 aromatic carbocycles. The Morgan fingerprint density at radius 3 is 2.71 bits per heavy atom. The van der Waals surface area contributed by atoms with E-state index < -0.39 is 12.3 Å². The van der Waals surface area contributed by atoms with Crippen molar-refractivity contribution in [1.29, 1.82) is 0 Å². The number of carbonyl (C=O) groups is 2. The van der Waals surface area contributed by atoms with Gasteiger partial charge in [0.05, 0.1) is 6.42 Å². The van der Waals surface area contributed by atoms with Gasteiger partial charge in [-0.15, -0.1) is 8.78 Å². The first-order chi connectivity index (χ1) is 9.89. The van der Waals surface area contributed by atoms with E-state index in [1.807, 2.05) is 0 Å². The molecule has 2 amide bonds. The van der Waals surface area contributed by atoms with E-state index in [2.05, 4.69) is 14.8 Å². The van der Waals surface area contributed by atoms with Crippen LogP contribution in [0.1, 0.15) is 13.3 Å². The maximum Gasteiger partial charge on any atom is 0.586 e. The first-order valence-electron chi connectivity index (χ1n) is 6.40. The third-order valence-electron chi connectivity index (χ3n) is 3.30. The number of alkyl halides is 2. The van der Waals surface area contributed by atoms with Gasteiger partial charge in [-0.25, -0.2) is 0 Å². The summed E-state index contributed by atoms with van der Waals surface area (Å²) in [7, 11) is 0. The molecule has 0 saturated carbocycles. The van der Waals surface area contributed by atoms with Crippen LogP contribution in [-0.4, -0.2) is 35.6 Å². The lowest BCUT2D eigenvalue weighted by atomic mass is 10.2. The standard InChI is InChI=1S/C13H12F2N2O4/c1-2-17-11(18)6-8(12(17)19)16-7-3-4-9-10(5-7)21-13(14,15)20-9/h3-5,8,16H,2,6H2,1H3. The van der Waals surface area contributed by atoms with Gasteiger partial charge in [0.15, 0.2) is 11.5 Å². The zero-order valence-electron chi connectivity index (χ0n) is 11.1. The SMILES string of the molecule is CCN1C(=O)CC(Nc2ccc3c(c2)OC(F)(F)O3)C1=O. The van der Waals surface area contributed by atoms with E-state index in [0.29, 0.717) is 12.2 Å². The van der Waals surface area contributed by atoms with Crippen molar-refractivity contribution in [2.45, 2.75) is 25.7 Å². The van der Waals surface area contributed by atoms with Crippen molar-refractivity contribution in [2.75, 3.05) is 11.9 Å². The molecule has 8 heteroatoms. The van der Waals surface area contributed by atoms with Crippen molar-refractivity contribution in [3.63, 3.8) is 0 Å². The minimum absolute atomic E-state index is 0.0390. The first kappa shape index (κ1) is 13.6. The second kappa shape index (κ2) is 4.57. The Morgan fingerprint density at radius 2 is 2.05 bits per heavy atom. The number of amides is 2. The molecular formula is C13H12F2N2O4. The zero-order valence-corrected chi connectivity index (χ0v) is 11.1. The molecule has 1 aromatic rings. The van der Waals surface area contributed by atoms with Gasteiger partial charge in [-0.3, -0.25) is 14.5 Å². The second-order valence-corrected chi connectivity index (χ2v) is 4.71. The highest BCUT2D eigenvalue weighted by atomic mass is 19.3. The maximum atomic E-state index is 12.9. The van der Waals surface area contributed by atoms with Gasteiger partial charge >= 0.3 is 6.29 Å². The Bertz CT molecular complexity index is 620. The van der Waals surface area contributed by atoms with Crippen LogP contribution in [0.25, 0.3) is 0 Å².